The van der Waals surface area contributed by atoms with Crippen LogP contribution in [-0.2, 0) is 10.0 Å². The Bertz CT molecular complexity index is 1130. The Balaban J connectivity index is 1.50. The molecule has 1 N–H and O–H groups in total. The number of thiophene rings is 1. The van der Waals surface area contributed by atoms with Gasteiger partial charge < -0.3 is 10.2 Å². The maximum atomic E-state index is 12.5. The predicted molar refractivity (Wildman–Crippen MR) is 113 cm³/mol. The largest absolute Gasteiger partial charge is 0.362 e. The topological polar surface area (TPSA) is 78.8 Å². The number of anilines is 1. The lowest BCUT2D eigenvalue weighted by Gasteiger charge is -2.11. The van der Waals surface area contributed by atoms with Gasteiger partial charge >= 0.3 is 0 Å². The summed E-state index contributed by atoms with van der Waals surface area (Å²) in [5.41, 5.74) is 0.534. The van der Waals surface area contributed by atoms with E-state index in [1.165, 1.54) is 23.5 Å². The number of amidine groups is 1. The van der Waals surface area contributed by atoms with Gasteiger partial charge in [-0.25, -0.2) is 0 Å². The van der Waals surface area contributed by atoms with Crippen LogP contribution in [0, 0.1) is 0 Å². The van der Waals surface area contributed by atoms with E-state index in [9.17, 15) is 13.2 Å². The third-order valence-electron chi connectivity index (χ3n) is 4.62. The summed E-state index contributed by atoms with van der Waals surface area (Å²) in [6.45, 7) is 0.817. The zero-order chi connectivity index (χ0) is 19.7. The summed E-state index contributed by atoms with van der Waals surface area (Å²) in [5, 5.41) is 3.83. The van der Waals surface area contributed by atoms with Gasteiger partial charge in [-0.2, -0.15) is 8.42 Å². The number of nitrogens with zero attached hydrogens (tertiary/aromatic N) is 2. The molecule has 144 valence electrons. The van der Waals surface area contributed by atoms with E-state index in [2.05, 4.69) is 9.71 Å². The first kappa shape index (κ1) is 18.6. The lowest BCUT2D eigenvalue weighted by molar-refractivity contribution is 0.103. The third kappa shape index (κ3) is 3.79. The second kappa shape index (κ2) is 7.37. The second-order valence-corrected chi connectivity index (χ2v) is 9.32. The van der Waals surface area contributed by atoms with Crippen LogP contribution in [0.2, 0.25) is 0 Å². The summed E-state index contributed by atoms with van der Waals surface area (Å²) in [4.78, 5) is 15.1. The number of fused-ring (bicyclic) bond motifs is 1. The van der Waals surface area contributed by atoms with Crippen LogP contribution in [0.15, 0.2) is 63.9 Å². The van der Waals surface area contributed by atoms with E-state index in [0.29, 0.717) is 22.8 Å². The first-order chi connectivity index (χ1) is 13.4. The fourth-order valence-electron chi connectivity index (χ4n) is 3.10. The lowest BCUT2D eigenvalue weighted by Crippen LogP contribution is -2.20. The van der Waals surface area contributed by atoms with Gasteiger partial charge in [0.1, 0.15) is 5.84 Å². The summed E-state index contributed by atoms with van der Waals surface area (Å²) in [6.07, 6.45) is 1.58. The predicted octanol–water partition coefficient (Wildman–Crippen LogP) is 3.97. The quantitative estimate of drug-likeness (QED) is 0.702. The monoisotopic (exact) mass is 413 g/mol. The van der Waals surface area contributed by atoms with Gasteiger partial charge in [-0.1, -0.05) is 18.2 Å². The number of likely N-dealkylation sites (tertiary alicyclic amines) is 1. The van der Waals surface area contributed by atoms with Crippen molar-refractivity contribution in [3.8, 4) is 0 Å². The highest BCUT2D eigenvalue weighted by Gasteiger charge is 2.20. The van der Waals surface area contributed by atoms with E-state index < -0.39 is 10.0 Å². The highest BCUT2D eigenvalue weighted by Crippen LogP contribution is 2.26. The fourth-order valence-corrected chi connectivity index (χ4v) is 5.15. The molecule has 1 amide bonds. The molecular formula is C20H19N3O3S2. The van der Waals surface area contributed by atoms with E-state index in [0.717, 1.165) is 23.1 Å². The summed E-state index contributed by atoms with van der Waals surface area (Å²) < 4.78 is 30.0. The summed E-state index contributed by atoms with van der Waals surface area (Å²) in [6, 6.07) is 15.7. The molecule has 0 radical (unpaired) electrons. The smallest absolute Gasteiger partial charge is 0.283 e. The van der Waals surface area contributed by atoms with Crippen molar-refractivity contribution in [2.75, 3.05) is 18.9 Å². The number of rotatable bonds is 4. The Morgan fingerprint density at radius 1 is 1.14 bits per heavy atom. The molecule has 1 saturated heterocycles. The molecule has 0 aliphatic carbocycles. The fraction of sp³-hybridized carbons (Fsp3) is 0.200. The summed E-state index contributed by atoms with van der Waals surface area (Å²) in [7, 11) is -1.91. The van der Waals surface area contributed by atoms with Crippen LogP contribution in [0.1, 0.15) is 22.5 Å². The van der Waals surface area contributed by atoms with Gasteiger partial charge in [-0.05, 0) is 48.2 Å². The molecule has 2 aromatic carbocycles. The van der Waals surface area contributed by atoms with Gasteiger partial charge in [-0.3, -0.25) is 4.79 Å². The molecule has 8 heteroatoms. The van der Waals surface area contributed by atoms with Crippen molar-refractivity contribution in [1.29, 1.82) is 0 Å². The van der Waals surface area contributed by atoms with Gasteiger partial charge in [0.25, 0.3) is 15.9 Å². The molecular weight excluding hydrogens is 394 g/mol. The van der Waals surface area contributed by atoms with E-state index in [1.54, 1.807) is 12.1 Å². The average molecular weight is 414 g/mol. The maximum absolute atomic E-state index is 12.5. The number of hydrogen-bond acceptors (Lipinski definition) is 4. The van der Waals surface area contributed by atoms with Gasteiger partial charge in [0.15, 0.2) is 0 Å². The normalized spacial score (nSPS) is 16.0. The van der Waals surface area contributed by atoms with Crippen molar-refractivity contribution in [3.05, 3.63) is 59.5 Å². The Hall–Kier alpha value is -2.71. The molecule has 0 spiro atoms. The van der Waals surface area contributed by atoms with Crippen LogP contribution in [0.5, 0.6) is 0 Å². The first-order valence-electron chi connectivity index (χ1n) is 8.87. The molecule has 0 bridgehead atoms. The van der Waals surface area contributed by atoms with Crippen LogP contribution in [0.4, 0.5) is 5.69 Å². The van der Waals surface area contributed by atoms with Crippen molar-refractivity contribution in [3.63, 3.8) is 0 Å². The number of benzene rings is 2. The molecule has 6 nitrogen and oxygen atoms in total. The zero-order valence-corrected chi connectivity index (χ0v) is 16.9. The third-order valence-corrected chi connectivity index (χ3v) is 7.05. The van der Waals surface area contributed by atoms with E-state index >= 15 is 0 Å². The second-order valence-electron chi connectivity index (χ2n) is 6.63. The number of nitrogens with one attached hydrogen (secondary N) is 1. The molecule has 0 saturated carbocycles. The minimum atomic E-state index is -3.76. The number of amides is 1. The zero-order valence-electron chi connectivity index (χ0n) is 15.3. The van der Waals surface area contributed by atoms with Gasteiger partial charge in [0, 0.05) is 30.4 Å². The van der Waals surface area contributed by atoms with Crippen LogP contribution in [0.3, 0.4) is 0 Å². The Morgan fingerprint density at radius 2 is 1.89 bits per heavy atom. The van der Waals surface area contributed by atoms with Gasteiger partial charge in [0.05, 0.1) is 9.77 Å². The molecule has 1 aromatic heterocycles. The lowest BCUT2D eigenvalue weighted by atomic mass is 10.2. The molecule has 0 atom stereocenters. The molecule has 3 aromatic rings. The molecule has 0 unspecified atom stereocenters. The van der Waals surface area contributed by atoms with Gasteiger partial charge in [-0.15, -0.1) is 15.7 Å². The van der Waals surface area contributed by atoms with Crippen molar-refractivity contribution in [2.24, 2.45) is 4.40 Å². The van der Waals surface area contributed by atoms with E-state index in [-0.39, 0.29) is 10.8 Å². The minimum absolute atomic E-state index is 0.111. The van der Waals surface area contributed by atoms with E-state index in [1.807, 2.05) is 42.3 Å². The van der Waals surface area contributed by atoms with Crippen LogP contribution >= 0.6 is 11.3 Å². The van der Waals surface area contributed by atoms with Crippen LogP contribution < -0.4 is 5.32 Å². The maximum Gasteiger partial charge on any atom is 0.283 e. The first-order valence-corrected chi connectivity index (χ1v) is 11.1. The van der Waals surface area contributed by atoms with Crippen molar-refractivity contribution >= 4 is 48.9 Å². The standard InChI is InChI=1S/C20H19N3O3S2/c1-23-12-4-7-19(23)22-28(25,26)16-10-8-15(9-11-16)21-20(24)18-13-14-5-2-3-6-17(14)27-18/h2-3,5-6,8-11,13H,4,7,12H2,1H3,(H,21,24)/b22-19-. The molecule has 2 heterocycles. The molecule has 1 aliphatic rings. The van der Waals surface area contributed by atoms with Gasteiger partial charge in [0.2, 0.25) is 0 Å². The van der Waals surface area contributed by atoms with E-state index in [4.69, 9.17) is 0 Å². The number of carbonyl (C=O) groups is 1. The average Bonchev–Trinajstić information content (AvgIpc) is 3.28. The van der Waals surface area contributed by atoms with Crippen molar-refractivity contribution < 1.29 is 13.2 Å². The molecule has 28 heavy (non-hydrogen) atoms. The number of sulfonamides is 1. The van der Waals surface area contributed by atoms with Crippen molar-refractivity contribution in [2.45, 2.75) is 17.7 Å². The Kier molecular flexibility index (Phi) is 4.91. The Morgan fingerprint density at radius 3 is 2.57 bits per heavy atom. The minimum Gasteiger partial charge on any atom is -0.362 e. The molecule has 4 rings (SSSR count). The highest BCUT2D eigenvalue weighted by atomic mass is 32.2. The van der Waals surface area contributed by atoms with Crippen molar-refractivity contribution in [1.82, 2.24) is 4.90 Å². The summed E-state index contributed by atoms with van der Waals surface area (Å²) >= 11 is 1.42. The number of carbonyl (C=O) groups excluding carboxylic acids is 1. The van der Waals surface area contributed by atoms with Crippen LogP contribution in [0.25, 0.3) is 10.1 Å². The number of hydrogen-bond donors (Lipinski definition) is 1. The highest BCUT2D eigenvalue weighted by molar-refractivity contribution is 7.90. The molecule has 1 aliphatic heterocycles. The summed E-state index contributed by atoms with van der Waals surface area (Å²) in [5.74, 6) is 0.367. The molecule has 1 fully saturated rings. The van der Waals surface area contributed by atoms with Crippen LogP contribution in [-0.4, -0.2) is 38.7 Å². The SMILES string of the molecule is CN1CCC/C1=N/S(=O)(=O)c1ccc(NC(=O)c2cc3ccccc3s2)cc1. The Labute approximate surface area is 167 Å².